The fraction of sp³-hybridized carbons (Fsp3) is 0.136. The molecule has 3 aromatic rings. The Bertz CT molecular complexity index is 1110. The third-order valence-corrected chi connectivity index (χ3v) is 6.16. The molecule has 0 atom stereocenters. The summed E-state index contributed by atoms with van der Waals surface area (Å²) in [7, 11) is -1.78. The first-order valence-electron chi connectivity index (χ1n) is 9.28. The van der Waals surface area contributed by atoms with Crippen LogP contribution in [0.3, 0.4) is 0 Å². The van der Waals surface area contributed by atoms with E-state index < -0.39 is 10.0 Å². The summed E-state index contributed by atoms with van der Waals surface area (Å²) < 4.78 is 27.3. The average molecular weight is 444 g/mol. The van der Waals surface area contributed by atoms with Crippen LogP contribution < -0.4 is 14.9 Å². The summed E-state index contributed by atoms with van der Waals surface area (Å²) in [4.78, 5) is 14.6. The molecule has 6 nitrogen and oxygen atoms in total. The van der Waals surface area contributed by atoms with Crippen molar-refractivity contribution in [2.24, 2.45) is 0 Å². The molecule has 8 heteroatoms. The second kappa shape index (κ2) is 9.65. The molecule has 0 bridgehead atoms. The van der Waals surface area contributed by atoms with Crippen molar-refractivity contribution in [3.05, 3.63) is 89.4 Å². The highest BCUT2D eigenvalue weighted by Crippen LogP contribution is 2.23. The Morgan fingerprint density at radius 2 is 1.60 bits per heavy atom. The van der Waals surface area contributed by atoms with Gasteiger partial charge in [-0.1, -0.05) is 48.0 Å². The number of benzene rings is 3. The topological polar surface area (TPSA) is 78.5 Å². The number of hydrogen-bond acceptors (Lipinski definition) is 4. The quantitative estimate of drug-likeness (QED) is 0.551. The van der Waals surface area contributed by atoms with Crippen molar-refractivity contribution < 1.29 is 13.2 Å². The summed E-state index contributed by atoms with van der Waals surface area (Å²) in [5, 5.41) is 2.99. The van der Waals surface area contributed by atoms with Gasteiger partial charge in [-0.2, -0.15) is 0 Å². The summed E-state index contributed by atoms with van der Waals surface area (Å²) in [6.45, 7) is 1.06. The predicted octanol–water partition coefficient (Wildman–Crippen LogP) is 4.01. The van der Waals surface area contributed by atoms with Gasteiger partial charge >= 0.3 is 0 Å². The minimum absolute atomic E-state index is 0.144. The molecule has 0 saturated heterocycles. The van der Waals surface area contributed by atoms with Crippen LogP contribution in [-0.4, -0.2) is 34.5 Å². The zero-order valence-corrected chi connectivity index (χ0v) is 18.0. The fourth-order valence-electron chi connectivity index (χ4n) is 2.82. The van der Waals surface area contributed by atoms with E-state index in [0.29, 0.717) is 13.1 Å². The second-order valence-electron chi connectivity index (χ2n) is 6.63. The first-order chi connectivity index (χ1) is 14.4. The van der Waals surface area contributed by atoms with Crippen LogP contribution in [0, 0.1) is 0 Å². The number of likely N-dealkylation sites (N-methyl/N-ethyl adjacent to an activating group) is 1. The minimum Gasteiger partial charge on any atom is -0.373 e. The highest BCUT2D eigenvalue weighted by atomic mass is 35.5. The van der Waals surface area contributed by atoms with Crippen LogP contribution in [0.25, 0.3) is 0 Å². The number of para-hydroxylation sites is 1. The zero-order chi connectivity index (χ0) is 21.6. The van der Waals surface area contributed by atoms with E-state index in [0.717, 1.165) is 5.69 Å². The Balaban J connectivity index is 1.60. The van der Waals surface area contributed by atoms with E-state index >= 15 is 0 Å². The van der Waals surface area contributed by atoms with Crippen molar-refractivity contribution in [1.82, 2.24) is 5.32 Å². The van der Waals surface area contributed by atoms with E-state index in [2.05, 4.69) is 10.0 Å². The largest absolute Gasteiger partial charge is 0.373 e. The van der Waals surface area contributed by atoms with Gasteiger partial charge in [0.25, 0.3) is 15.9 Å². The van der Waals surface area contributed by atoms with E-state index in [1.165, 1.54) is 30.3 Å². The van der Waals surface area contributed by atoms with Crippen LogP contribution in [0.1, 0.15) is 10.4 Å². The highest BCUT2D eigenvalue weighted by molar-refractivity contribution is 7.92. The van der Waals surface area contributed by atoms with Crippen LogP contribution in [0.15, 0.2) is 83.8 Å². The molecule has 0 aliphatic carbocycles. The van der Waals surface area contributed by atoms with E-state index in [-0.39, 0.29) is 27.1 Å². The smallest absolute Gasteiger partial charge is 0.261 e. The standard InChI is InChI=1S/C22H22ClN3O3S/c1-26(18-8-4-2-5-9-18)15-14-24-22(27)20-13-12-17(16-21(20)23)25-30(28,29)19-10-6-3-7-11-19/h2-13,16,25H,14-15H2,1H3,(H,24,27). The first-order valence-corrected chi connectivity index (χ1v) is 11.1. The number of sulfonamides is 1. The molecular weight excluding hydrogens is 422 g/mol. The maximum Gasteiger partial charge on any atom is 0.261 e. The summed E-state index contributed by atoms with van der Waals surface area (Å²) in [6.07, 6.45) is 0. The van der Waals surface area contributed by atoms with Gasteiger partial charge in [-0.3, -0.25) is 9.52 Å². The van der Waals surface area contributed by atoms with Crippen molar-refractivity contribution in [1.29, 1.82) is 0 Å². The van der Waals surface area contributed by atoms with Gasteiger partial charge in [0.2, 0.25) is 0 Å². The fourth-order valence-corrected chi connectivity index (χ4v) is 4.16. The number of rotatable bonds is 8. The summed E-state index contributed by atoms with van der Waals surface area (Å²) in [5.41, 5.74) is 1.62. The second-order valence-corrected chi connectivity index (χ2v) is 8.72. The van der Waals surface area contributed by atoms with Crippen LogP contribution in [0.2, 0.25) is 5.02 Å². The number of halogens is 1. The van der Waals surface area contributed by atoms with Crippen LogP contribution in [0.5, 0.6) is 0 Å². The van der Waals surface area contributed by atoms with E-state index in [1.807, 2.05) is 42.3 Å². The maximum absolute atomic E-state index is 12.4. The summed E-state index contributed by atoms with van der Waals surface area (Å²) in [5.74, 6) is -0.320. The zero-order valence-electron chi connectivity index (χ0n) is 16.4. The van der Waals surface area contributed by atoms with Gasteiger partial charge in [0.15, 0.2) is 0 Å². The van der Waals surface area contributed by atoms with E-state index in [9.17, 15) is 13.2 Å². The van der Waals surface area contributed by atoms with Gasteiger partial charge in [-0.05, 0) is 42.5 Å². The Kier molecular flexibility index (Phi) is 6.97. The van der Waals surface area contributed by atoms with E-state index in [1.54, 1.807) is 18.2 Å². The molecule has 3 aromatic carbocycles. The van der Waals surface area contributed by atoms with Crippen LogP contribution in [0.4, 0.5) is 11.4 Å². The van der Waals surface area contributed by atoms with Gasteiger partial charge in [-0.15, -0.1) is 0 Å². The van der Waals surface area contributed by atoms with Crippen molar-refractivity contribution in [2.45, 2.75) is 4.90 Å². The number of anilines is 2. The van der Waals surface area contributed by atoms with Crippen LogP contribution in [-0.2, 0) is 10.0 Å². The molecule has 0 radical (unpaired) electrons. The SMILES string of the molecule is CN(CCNC(=O)c1ccc(NS(=O)(=O)c2ccccc2)cc1Cl)c1ccccc1. The molecule has 156 valence electrons. The van der Waals surface area contributed by atoms with Crippen molar-refractivity contribution in [3.63, 3.8) is 0 Å². The molecule has 0 heterocycles. The molecule has 0 spiro atoms. The Hall–Kier alpha value is -3.03. The third kappa shape index (κ3) is 5.52. The molecule has 1 amide bonds. The van der Waals surface area contributed by atoms with Gasteiger partial charge in [-0.25, -0.2) is 8.42 Å². The van der Waals surface area contributed by atoms with Crippen LogP contribution >= 0.6 is 11.6 Å². The van der Waals surface area contributed by atoms with Gasteiger partial charge in [0, 0.05) is 25.8 Å². The van der Waals surface area contributed by atoms with Crippen molar-refractivity contribution in [2.75, 3.05) is 29.8 Å². The number of amides is 1. The lowest BCUT2D eigenvalue weighted by Gasteiger charge is -2.19. The predicted molar refractivity (Wildman–Crippen MR) is 121 cm³/mol. The number of nitrogens with one attached hydrogen (secondary N) is 2. The lowest BCUT2D eigenvalue weighted by Crippen LogP contribution is -2.33. The first kappa shape index (κ1) is 21.7. The highest BCUT2D eigenvalue weighted by Gasteiger charge is 2.16. The van der Waals surface area contributed by atoms with Crippen molar-refractivity contribution >= 4 is 38.9 Å². The summed E-state index contributed by atoms with van der Waals surface area (Å²) in [6, 6.07) is 22.3. The van der Waals surface area contributed by atoms with Crippen molar-refractivity contribution in [3.8, 4) is 0 Å². The lowest BCUT2D eigenvalue weighted by atomic mass is 10.2. The molecule has 0 aliphatic heterocycles. The molecular formula is C22H22ClN3O3S. The Morgan fingerprint density at radius 1 is 0.967 bits per heavy atom. The molecule has 0 aromatic heterocycles. The molecule has 3 rings (SSSR count). The minimum atomic E-state index is -3.73. The molecule has 0 aliphatic rings. The normalized spacial score (nSPS) is 11.0. The Labute approximate surface area is 181 Å². The maximum atomic E-state index is 12.4. The molecule has 30 heavy (non-hydrogen) atoms. The Morgan fingerprint density at radius 3 is 2.23 bits per heavy atom. The average Bonchev–Trinajstić information content (AvgIpc) is 2.74. The molecule has 2 N–H and O–H groups in total. The lowest BCUT2D eigenvalue weighted by molar-refractivity contribution is 0.0955. The number of carbonyl (C=O) groups is 1. The van der Waals surface area contributed by atoms with Gasteiger partial charge in [0.05, 0.1) is 21.2 Å². The number of hydrogen-bond donors (Lipinski definition) is 2. The molecule has 0 fully saturated rings. The van der Waals surface area contributed by atoms with Gasteiger partial charge in [0.1, 0.15) is 0 Å². The number of carbonyl (C=O) groups excluding carboxylic acids is 1. The monoisotopic (exact) mass is 443 g/mol. The van der Waals surface area contributed by atoms with E-state index in [4.69, 9.17) is 11.6 Å². The molecule has 0 unspecified atom stereocenters. The number of nitrogens with zero attached hydrogens (tertiary/aromatic N) is 1. The summed E-state index contributed by atoms with van der Waals surface area (Å²) >= 11 is 6.23. The third-order valence-electron chi connectivity index (χ3n) is 4.45. The molecule has 0 saturated carbocycles. The van der Waals surface area contributed by atoms with Gasteiger partial charge < -0.3 is 10.2 Å².